The molecule has 0 radical (unpaired) electrons. The number of carboxylic acid groups (broad SMARTS) is 1. The minimum Gasteiger partial charge on any atom is -0.478 e. The Kier molecular flexibility index (Phi) is 13.8. The number of aromatic nitrogens is 16. The molecule has 9 heterocycles. The lowest BCUT2D eigenvalue weighted by Gasteiger charge is -2.22. The van der Waals surface area contributed by atoms with Crippen LogP contribution in [0.5, 0.6) is 0 Å². The molecule has 18 nitrogen and oxygen atoms in total. The maximum atomic E-state index is 12.2. The average molecular weight is 1150 g/mol. The molecule has 2 aliphatic heterocycles. The second-order valence-corrected chi connectivity index (χ2v) is 35.3. The van der Waals surface area contributed by atoms with Crippen LogP contribution in [0.25, 0.3) is 102 Å². The van der Waals surface area contributed by atoms with Gasteiger partial charge in [-0.2, -0.15) is 0 Å². The Bertz CT molecular complexity index is 3950. The summed E-state index contributed by atoms with van der Waals surface area (Å²) in [5, 5.41) is 14.4. The van der Waals surface area contributed by atoms with Gasteiger partial charge < -0.3 is 15.1 Å². The van der Waals surface area contributed by atoms with Crippen LogP contribution in [0.4, 0.5) is 0 Å². The number of benzene rings is 1. The van der Waals surface area contributed by atoms with Crippen molar-refractivity contribution in [1.82, 2.24) is 79.7 Å². The number of hydrogen-bond donors (Lipinski definition) is 3. The molecule has 2 aliphatic rings. The number of H-pyrrole nitrogens is 2. The van der Waals surface area contributed by atoms with Gasteiger partial charge in [0.15, 0.2) is 45.9 Å². The quantitative estimate of drug-likeness (QED) is 0.125. The van der Waals surface area contributed by atoms with Crippen molar-refractivity contribution in [3.63, 3.8) is 0 Å². The molecule has 0 saturated heterocycles. The number of rotatable bonds is 7. The van der Waals surface area contributed by atoms with Gasteiger partial charge in [-0.05, 0) is 18.2 Å². The van der Waals surface area contributed by atoms with Gasteiger partial charge in [-0.1, -0.05) is 195 Å². The molecule has 0 saturated carbocycles. The lowest BCUT2D eigenvalue weighted by atomic mass is 10.2. The molecule has 0 amide bonds. The number of thioether (sulfide) groups is 6. The van der Waals surface area contributed by atoms with Crippen molar-refractivity contribution in [2.45, 2.75) is 183 Å². The number of fused-ring (bicyclic) bond motifs is 21. The summed E-state index contributed by atoms with van der Waals surface area (Å²) in [6.45, 7) is 38.6. The standard InChI is InChI=1S/C53H60N16O2S6/c1-48(2,3)72-41-43(74-50(7,8)9)58-29-27(56-41)35-63-33-25-26(55-24-21-22(47(70)71)19-20-23(24)54-25)34(62-33)64-36-28-30(59-44(75-51(10,11)12)42(57-28)73-49(4,5)6)38(66-36)68-40-32-31(39(69-40)67-37(29)65-35)60-45(76-52(13,14)15)46(61-32)77-53(16,17)18/h19-21H,1-18H3,(H,70,71)(H2,62,63,64,65,66,67,68,69). The molecule has 0 fully saturated rings. The number of aromatic carboxylic acids is 1. The summed E-state index contributed by atoms with van der Waals surface area (Å²) in [5.41, 5.74) is 5.25. The number of hydrogen-bond acceptors (Lipinski definition) is 21. The van der Waals surface area contributed by atoms with Crippen LogP contribution in [0.2, 0.25) is 0 Å². The number of aromatic amines is 2. The highest BCUT2D eigenvalue weighted by Crippen LogP contribution is 2.47. The molecular formula is C53H60N16O2S6. The van der Waals surface area contributed by atoms with E-state index in [1.807, 2.05) is 0 Å². The lowest BCUT2D eigenvalue weighted by Crippen LogP contribution is -2.12. The summed E-state index contributed by atoms with van der Waals surface area (Å²) in [6, 6.07) is 4.61. The fourth-order valence-corrected chi connectivity index (χ4v) is 13.6. The SMILES string of the molecule is CC(C)(C)Sc1nc2c(nc1SC(C)(C)C)-c1nc-2nc2[nH]c(nc3nc(nc4[nH]c(n1)c1nc5ccc(C(=O)O)cc5nc41)-c1nc(SC(C)(C)C)c(SC(C)(C)C)nc1-3)c1nc(SC(C)(C)C)c(SC(C)(C)C)nc21. The molecule has 24 heteroatoms. The van der Waals surface area contributed by atoms with Gasteiger partial charge in [-0.15, -0.1) is 0 Å². The third kappa shape index (κ3) is 12.2. The van der Waals surface area contributed by atoms with Crippen molar-refractivity contribution in [1.29, 1.82) is 0 Å². The summed E-state index contributed by atoms with van der Waals surface area (Å²) in [5.74, 6) is -0.196. The van der Waals surface area contributed by atoms with Crippen molar-refractivity contribution in [2.24, 2.45) is 0 Å². The van der Waals surface area contributed by atoms with Crippen LogP contribution in [0.1, 0.15) is 135 Å². The summed E-state index contributed by atoms with van der Waals surface area (Å²) in [6.07, 6.45) is 0. The normalized spacial score (nSPS) is 13.5. The Labute approximate surface area is 471 Å². The summed E-state index contributed by atoms with van der Waals surface area (Å²) >= 11 is 9.71. The highest BCUT2D eigenvalue weighted by atomic mass is 32.2. The topological polar surface area (TPSA) is 249 Å². The molecule has 8 aromatic rings. The van der Waals surface area contributed by atoms with E-state index in [0.29, 0.717) is 72.2 Å². The molecule has 7 aromatic heterocycles. The van der Waals surface area contributed by atoms with E-state index in [1.165, 1.54) is 12.1 Å². The van der Waals surface area contributed by atoms with Crippen LogP contribution in [-0.2, 0) is 0 Å². The molecule has 0 atom stereocenters. The van der Waals surface area contributed by atoms with Crippen molar-refractivity contribution < 1.29 is 9.90 Å². The second kappa shape index (κ2) is 19.2. The predicted octanol–water partition coefficient (Wildman–Crippen LogP) is 14.2. The van der Waals surface area contributed by atoms with Crippen LogP contribution in [0, 0.1) is 0 Å². The molecule has 0 aliphatic carbocycles. The van der Waals surface area contributed by atoms with E-state index in [0.717, 1.165) is 25.1 Å². The van der Waals surface area contributed by atoms with E-state index < -0.39 is 5.97 Å². The molecule has 8 bridgehead atoms. The first-order valence-electron chi connectivity index (χ1n) is 24.9. The van der Waals surface area contributed by atoms with Gasteiger partial charge in [0.25, 0.3) is 0 Å². The third-order valence-electron chi connectivity index (χ3n) is 10.3. The highest BCUT2D eigenvalue weighted by Gasteiger charge is 2.34. The van der Waals surface area contributed by atoms with E-state index in [-0.39, 0.29) is 68.6 Å². The summed E-state index contributed by atoms with van der Waals surface area (Å²) < 4.78 is -1.36. The zero-order chi connectivity index (χ0) is 55.7. The van der Waals surface area contributed by atoms with Gasteiger partial charge in [0, 0.05) is 28.5 Å². The molecule has 400 valence electrons. The Hall–Kier alpha value is -5.27. The Morgan fingerprint density at radius 1 is 0.351 bits per heavy atom. The number of nitrogens with zero attached hydrogens (tertiary/aromatic N) is 14. The van der Waals surface area contributed by atoms with Gasteiger partial charge in [-0.3, -0.25) is 0 Å². The largest absolute Gasteiger partial charge is 0.478 e. The zero-order valence-corrected chi connectivity index (χ0v) is 51.2. The Morgan fingerprint density at radius 3 is 0.883 bits per heavy atom. The number of carboxylic acids is 1. The van der Waals surface area contributed by atoms with Crippen molar-refractivity contribution in [2.75, 3.05) is 0 Å². The van der Waals surface area contributed by atoms with Crippen molar-refractivity contribution >= 4 is 132 Å². The maximum Gasteiger partial charge on any atom is 0.335 e. The smallest absolute Gasteiger partial charge is 0.335 e. The highest BCUT2D eigenvalue weighted by molar-refractivity contribution is 8.04. The van der Waals surface area contributed by atoms with E-state index in [4.69, 9.17) is 69.8 Å². The van der Waals surface area contributed by atoms with Gasteiger partial charge in [0.1, 0.15) is 75.0 Å². The molecule has 0 unspecified atom stereocenters. The maximum absolute atomic E-state index is 12.2. The number of nitrogens with one attached hydrogen (secondary N) is 2. The van der Waals surface area contributed by atoms with E-state index in [2.05, 4.69) is 135 Å². The van der Waals surface area contributed by atoms with E-state index in [1.54, 1.807) is 76.6 Å². The van der Waals surface area contributed by atoms with Crippen molar-refractivity contribution in [3.8, 4) is 46.1 Å². The first-order valence-corrected chi connectivity index (χ1v) is 29.8. The molecule has 10 rings (SSSR count). The monoisotopic (exact) mass is 1140 g/mol. The fraction of sp³-hybridized carbons (Fsp3) is 0.453. The zero-order valence-electron chi connectivity index (χ0n) is 46.3. The van der Waals surface area contributed by atoms with Gasteiger partial charge in [0.2, 0.25) is 0 Å². The third-order valence-corrected chi connectivity index (χ3v) is 17.3. The van der Waals surface area contributed by atoms with Gasteiger partial charge in [-0.25, -0.2) is 74.6 Å². The molecule has 3 N–H and O–H groups in total. The Balaban J connectivity index is 1.40. The average Bonchev–Trinajstić information content (AvgIpc) is 4.00. The summed E-state index contributed by atoms with van der Waals surface area (Å²) in [7, 11) is 0. The number of carbonyl (C=O) groups is 1. The first kappa shape index (κ1) is 55.1. The minimum absolute atomic E-state index is 0.0571. The van der Waals surface area contributed by atoms with Crippen LogP contribution < -0.4 is 0 Å². The molecule has 77 heavy (non-hydrogen) atoms. The Morgan fingerprint density at radius 2 is 0.610 bits per heavy atom. The van der Waals surface area contributed by atoms with Crippen molar-refractivity contribution in [3.05, 3.63) is 23.8 Å². The first-order chi connectivity index (χ1) is 35.6. The second-order valence-electron chi connectivity index (χ2n) is 24.4. The summed E-state index contributed by atoms with van der Waals surface area (Å²) in [4.78, 5) is 92.8. The molecule has 1 aromatic carbocycles. The van der Waals surface area contributed by atoms with Crippen LogP contribution in [0.3, 0.4) is 0 Å². The van der Waals surface area contributed by atoms with Gasteiger partial charge in [0.05, 0.1) is 16.6 Å². The lowest BCUT2D eigenvalue weighted by molar-refractivity contribution is 0.0697. The van der Waals surface area contributed by atoms with Crippen LogP contribution in [0.15, 0.2) is 48.4 Å². The minimum atomic E-state index is -1.10. The molecular weight excluding hydrogens is 1090 g/mol. The van der Waals surface area contributed by atoms with Gasteiger partial charge >= 0.3 is 5.97 Å². The van der Waals surface area contributed by atoms with E-state index >= 15 is 0 Å². The molecule has 0 spiro atoms. The van der Waals surface area contributed by atoms with Crippen LogP contribution >= 0.6 is 70.6 Å². The van der Waals surface area contributed by atoms with E-state index in [9.17, 15) is 9.90 Å². The predicted molar refractivity (Wildman–Crippen MR) is 317 cm³/mol. The fourth-order valence-electron chi connectivity index (χ4n) is 7.76. The van der Waals surface area contributed by atoms with Crippen LogP contribution in [-0.4, -0.2) is 119 Å².